The average Bonchev–Trinajstić information content (AvgIpc) is 2.34. The van der Waals surface area contributed by atoms with Crippen molar-refractivity contribution in [2.45, 2.75) is 33.2 Å². The van der Waals surface area contributed by atoms with E-state index in [1.807, 2.05) is 39.0 Å². The first-order valence-corrected chi connectivity index (χ1v) is 6.30. The van der Waals surface area contributed by atoms with Gasteiger partial charge in [-0.2, -0.15) is 0 Å². The van der Waals surface area contributed by atoms with Gasteiger partial charge in [-0.05, 0) is 37.5 Å². The molecule has 0 spiro atoms. The van der Waals surface area contributed by atoms with Crippen molar-refractivity contribution in [3.05, 3.63) is 29.3 Å². The molecule has 1 rings (SSSR count). The zero-order valence-electron chi connectivity index (χ0n) is 11.3. The van der Waals surface area contributed by atoms with E-state index in [9.17, 15) is 4.79 Å². The third-order valence-electron chi connectivity index (χ3n) is 2.66. The minimum atomic E-state index is -0.0903. The minimum Gasteiger partial charge on any atom is -0.484 e. The van der Waals surface area contributed by atoms with Crippen LogP contribution in [0.5, 0.6) is 5.75 Å². The molecule has 0 saturated heterocycles. The average molecular weight is 250 g/mol. The Morgan fingerprint density at radius 1 is 1.50 bits per heavy atom. The van der Waals surface area contributed by atoms with Gasteiger partial charge in [0.15, 0.2) is 6.61 Å². The largest absolute Gasteiger partial charge is 0.484 e. The normalized spacial score (nSPS) is 12.0. The standard InChI is InChI=1S/C14H22N2O2/c1-4-7-16-14(17)9-18-13-6-5-12(11(3)15)8-10(13)2/h5-6,8,11H,4,7,9,15H2,1-3H3,(H,16,17)/t11-/m0/s1. The van der Waals surface area contributed by atoms with Crippen molar-refractivity contribution in [1.29, 1.82) is 0 Å². The Hall–Kier alpha value is -1.55. The molecule has 0 fully saturated rings. The SMILES string of the molecule is CCCNC(=O)COc1ccc([C@H](C)N)cc1C. The highest BCUT2D eigenvalue weighted by Crippen LogP contribution is 2.21. The number of rotatable bonds is 6. The molecule has 0 aliphatic heterocycles. The van der Waals surface area contributed by atoms with Crippen molar-refractivity contribution in [3.63, 3.8) is 0 Å². The quantitative estimate of drug-likeness (QED) is 0.810. The molecule has 0 aliphatic carbocycles. The molecule has 18 heavy (non-hydrogen) atoms. The Bertz CT molecular complexity index is 403. The van der Waals surface area contributed by atoms with Gasteiger partial charge in [0, 0.05) is 12.6 Å². The fourth-order valence-electron chi connectivity index (χ4n) is 1.58. The van der Waals surface area contributed by atoms with Crippen molar-refractivity contribution >= 4 is 5.91 Å². The molecule has 0 saturated carbocycles. The van der Waals surface area contributed by atoms with E-state index in [0.717, 1.165) is 23.3 Å². The highest BCUT2D eigenvalue weighted by atomic mass is 16.5. The van der Waals surface area contributed by atoms with Gasteiger partial charge in [0.25, 0.3) is 5.91 Å². The molecule has 1 atom stereocenters. The van der Waals surface area contributed by atoms with Crippen LogP contribution in [-0.2, 0) is 4.79 Å². The number of hydrogen-bond donors (Lipinski definition) is 2. The van der Waals surface area contributed by atoms with Gasteiger partial charge in [-0.3, -0.25) is 4.79 Å². The first kappa shape index (κ1) is 14.5. The molecule has 4 heteroatoms. The number of nitrogens with one attached hydrogen (secondary N) is 1. The van der Waals surface area contributed by atoms with Crippen molar-refractivity contribution in [3.8, 4) is 5.75 Å². The lowest BCUT2D eigenvalue weighted by atomic mass is 10.1. The number of carbonyl (C=O) groups excluding carboxylic acids is 1. The van der Waals surface area contributed by atoms with E-state index in [-0.39, 0.29) is 18.6 Å². The second kappa shape index (κ2) is 7.01. The number of benzene rings is 1. The van der Waals surface area contributed by atoms with E-state index in [2.05, 4.69) is 5.32 Å². The van der Waals surface area contributed by atoms with Crippen LogP contribution in [0.2, 0.25) is 0 Å². The Labute approximate surface area is 109 Å². The van der Waals surface area contributed by atoms with Crippen LogP contribution in [0.25, 0.3) is 0 Å². The van der Waals surface area contributed by atoms with Crippen molar-refractivity contribution in [2.75, 3.05) is 13.2 Å². The molecule has 0 aromatic heterocycles. The number of amides is 1. The first-order chi connectivity index (χ1) is 8.54. The van der Waals surface area contributed by atoms with Crippen molar-refractivity contribution < 1.29 is 9.53 Å². The first-order valence-electron chi connectivity index (χ1n) is 6.30. The summed E-state index contributed by atoms with van der Waals surface area (Å²) in [6, 6.07) is 5.78. The Morgan fingerprint density at radius 2 is 2.22 bits per heavy atom. The van der Waals surface area contributed by atoms with Crippen LogP contribution >= 0.6 is 0 Å². The van der Waals surface area contributed by atoms with Gasteiger partial charge in [0.1, 0.15) is 5.75 Å². The molecule has 1 aromatic carbocycles. The molecule has 1 amide bonds. The van der Waals surface area contributed by atoms with Crippen LogP contribution in [-0.4, -0.2) is 19.1 Å². The van der Waals surface area contributed by atoms with Gasteiger partial charge in [-0.25, -0.2) is 0 Å². The fraction of sp³-hybridized carbons (Fsp3) is 0.500. The van der Waals surface area contributed by atoms with E-state index in [0.29, 0.717) is 6.54 Å². The number of aryl methyl sites for hydroxylation is 1. The lowest BCUT2D eigenvalue weighted by Crippen LogP contribution is -2.29. The number of ether oxygens (including phenoxy) is 1. The highest BCUT2D eigenvalue weighted by Gasteiger charge is 2.06. The third kappa shape index (κ3) is 4.37. The Kier molecular flexibility index (Phi) is 5.65. The highest BCUT2D eigenvalue weighted by molar-refractivity contribution is 5.77. The molecule has 3 N–H and O–H groups in total. The topological polar surface area (TPSA) is 64.3 Å². The van der Waals surface area contributed by atoms with Gasteiger partial charge >= 0.3 is 0 Å². The zero-order chi connectivity index (χ0) is 13.5. The molecule has 0 aliphatic rings. The minimum absolute atomic E-state index is 0.00519. The Morgan fingerprint density at radius 3 is 2.78 bits per heavy atom. The lowest BCUT2D eigenvalue weighted by Gasteiger charge is -2.12. The summed E-state index contributed by atoms with van der Waals surface area (Å²) in [5.74, 6) is 0.638. The van der Waals surface area contributed by atoms with Gasteiger partial charge in [0.2, 0.25) is 0 Å². The molecule has 0 radical (unpaired) electrons. The van der Waals surface area contributed by atoms with Crippen LogP contribution in [0.1, 0.15) is 37.4 Å². The molecule has 4 nitrogen and oxygen atoms in total. The number of carbonyl (C=O) groups is 1. The predicted molar refractivity (Wildman–Crippen MR) is 72.6 cm³/mol. The van der Waals surface area contributed by atoms with Crippen molar-refractivity contribution in [2.24, 2.45) is 5.73 Å². The summed E-state index contributed by atoms with van der Waals surface area (Å²) < 4.78 is 5.48. The summed E-state index contributed by atoms with van der Waals surface area (Å²) in [6.45, 7) is 6.64. The van der Waals surface area contributed by atoms with Gasteiger partial charge in [0.05, 0.1) is 0 Å². The van der Waals surface area contributed by atoms with Crippen molar-refractivity contribution in [1.82, 2.24) is 5.32 Å². The van der Waals surface area contributed by atoms with E-state index < -0.39 is 0 Å². The van der Waals surface area contributed by atoms with E-state index in [1.54, 1.807) is 0 Å². The van der Waals surface area contributed by atoms with Crippen LogP contribution in [0.15, 0.2) is 18.2 Å². The van der Waals surface area contributed by atoms with E-state index >= 15 is 0 Å². The molecule has 0 unspecified atom stereocenters. The summed E-state index contributed by atoms with van der Waals surface area (Å²) in [7, 11) is 0. The maximum absolute atomic E-state index is 11.4. The molecular weight excluding hydrogens is 228 g/mol. The van der Waals surface area contributed by atoms with E-state index in [1.165, 1.54) is 0 Å². The summed E-state index contributed by atoms with van der Waals surface area (Å²) in [5, 5.41) is 2.77. The molecule has 1 aromatic rings. The van der Waals surface area contributed by atoms with Gasteiger partial charge in [-0.1, -0.05) is 19.1 Å². The summed E-state index contributed by atoms with van der Waals surface area (Å²) in [5.41, 5.74) is 7.86. The molecule has 100 valence electrons. The summed E-state index contributed by atoms with van der Waals surface area (Å²) in [4.78, 5) is 11.4. The summed E-state index contributed by atoms with van der Waals surface area (Å²) >= 11 is 0. The molecule has 0 bridgehead atoms. The van der Waals surface area contributed by atoms with Crippen LogP contribution < -0.4 is 15.8 Å². The monoisotopic (exact) mass is 250 g/mol. The van der Waals surface area contributed by atoms with Crippen LogP contribution in [0, 0.1) is 6.92 Å². The fourth-order valence-corrected chi connectivity index (χ4v) is 1.58. The van der Waals surface area contributed by atoms with Gasteiger partial charge < -0.3 is 15.8 Å². The molecule has 0 heterocycles. The Balaban J connectivity index is 2.55. The van der Waals surface area contributed by atoms with E-state index in [4.69, 9.17) is 10.5 Å². The second-order valence-corrected chi connectivity index (χ2v) is 4.45. The predicted octanol–water partition coefficient (Wildman–Crippen LogP) is 1.92. The second-order valence-electron chi connectivity index (χ2n) is 4.45. The number of nitrogens with two attached hydrogens (primary N) is 1. The van der Waals surface area contributed by atoms with Gasteiger partial charge in [-0.15, -0.1) is 0 Å². The third-order valence-corrected chi connectivity index (χ3v) is 2.66. The maximum atomic E-state index is 11.4. The smallest absolute Gasteiger partial charge is 0.257 e. The zero-order valence-corrected chi connectivity index (χ0v) is 11.3. The summed E-state index contributed by atoms with van der Waals surface area (Å²) in [6.07, 6.45) is 0.924. The van der Waals surface area contributed by atoms with Crippen LogP contribution in [0.4, 0.5) is 0 Å². The maximum Gasteiger partial charge on any atom is 0.257 e. The number of hydrogen-bond acceptors (Lipinski definition) is 3. The lowest BCUT2D eigenvalue weighted by molar-refractivity contribution is -0.123. The van der Waals surface area contributed by atoms with Crippen LogP contribution in [0.3, 0.4) is 0 Å². The molecular formula is C14H22N2O2.